The second-order valence-electron chi connectivity index (χ2n) is 6.37. The summed E-state index contributed by atoms with van der Waals surface area (Å²) in [5.74, 6) is 0.627. The van der Waals surface area contributed by atoms with Crippen molar-refractivity contribution in [3.63, 3.8) is 0 Å². The van der Waals surface area contributed by atoms with Crippen molar-refractivity contribution in [2.75, 3.05) is 50.6 Å². The molecular formula is C16H27N5O3. The highest BCUT2D eigenvalue weighted by Gasteiger charge is 2.25. The summed E-state index contributed by atoms with van der Waals surface area (Å²) >= 11 is 0. The minimum absolute atomic E-state index is 0.0995. The van der Waals surface area contributed by atoms with Crippen LogP contribution in [-0.2, 0) is 9.47 Å². The van der Waals surface area contributed by atoms with E-state index < -0.39 is 0 Å². The van der Waals surface area contributed by atoms with Crippen molar-refractivity contribution in [1.29, 1.82) is 0 Å². The molecule has 1 atom stereocenters. The van der Waals surface area contributed by atoms with Gasteiger partial charge in [0.05, 0.1) is 43.3 Å². The molecule has 8 heteroatoms. The van der Waals surface area contributed by atoms with E-state index in [9.17, 15) is 4.79 Å². The number of nitrogens with one attached hydrogen (secondary N) is 1. The fraction of sp³-hybridized carbons (Fsp3) is 0.688. The first-order valence-corrected chi connectivity index (χ1v) is 8.17. The maximum atomic E-state index is 12.6. The minimum atomic E-state index is -0.164. The number of nitrogens with zero attached hydrogens (tertiary/aromatic N) is 4. The van der Waals surface area contributed by atoms with Crippen LogP contribution in [0.25, 0.3) is 0 Å². The number of morpholine rings is 1. The van der Waals surface area contributed by atoms with Gasteiger partial charge in [-0.15, -0.1) is 5.10 Å². The summed E-state index contributed by atoms with van der Waals surface area (Å²) in [7, 11) is 3.73. The lowest BCUT2D eigenvalue weighted by Gasteiger charge is -2.33. The quantitative estimate of drug-likeness (QED) is 0.877. The molecule has 1 N–H and O–H groups in total. The lowest BCUT2D eigenvalue weighted by Crippen LogP contribution is -2.49. The molecule has 1 fully saturated rings. The van der Waals surface area contributed by atoms with Gasteiger partial charge in [-0.25, -0.2) is 4.79 Å². The molecule has 134 valence electrons. The van der Waals surface area contributed by atoms with Crippen molar-refractivity contribution in [3.8, 4) is 0 Å². The topological polar surface area (TPSA) is 79.8 Å². The highest BCUT2D eigenvalue weighted by atomic mass is 16.5. The number of rotatable bonds is 5. The molecule has 2 heterocycles. The summed E-state index contributed by atoms with van der Waals surface area (Å²) in [5.41, 5.74) is 1.40. The van der Waals surface area contributed by atoms with E-state index in [1.54, 1.807) is 4.90 Å². The number of hydrogen-bond acceptors (Lipinski definition) is 6. The summed E-state index contributed by atoms with van der Waals surface area (Å²) in [5, 5.41) is 11.1. The molecule has 0 saturated carbocycles. The van der Waals surface area contributed by atoms with E-state index in [1.807, 2.05) is 45.8 Å². The zero-order valence-electron chi connectivity index (χ0n) is 15.1. The van der Waals surface area contributed by atoms with Gasteiger partial charge in [0, 0.05) is 20.6 Å². The lowest BCUT2D eigenvalue weighted by molar-refractivity contribution is -0.0693. The molecule has 0 spiro atoms. The van der Waals surface area contributed by atoms with Crippen molar-refractivity contribution in [2.24, 2.45) is 0 Å². The van der Waals surface area contributed by atoms with Crippen LogP contribution in [0.3, 0.4) is 0 Å². The average molecular weight is 337 g/mol. The Hall–Kier alpha value is -1.93. The Morgan fingerprint density at radius 2 is 2.25 bits per heavy atom. The molecule has 24 heavy (non-hydrogen) atoms. The first-order valence-electron chi connectivity index (χ1n) is 8.17. The lowest BCUT2D eigenvalue weighted by atomic mass is 10.3. The summed E-state index contributed by atoms with van der Waals surface area (Å²) in [6, 6.07) is 1.66. The van der Waals surface area contributed by atoms with E-state index in [0.717, 1.165) is 5.69 Å². The van der Waals surface area contributed by atoms with E-state index in [1.165, 1.54) is 0 Å². The van der Waals surface area contributed by atoms with Gasteiger partial charge in [-0.1, -0.05) is 0 Å². The van der Waals surface area contributed by atoms with Crippen LogP contribution < -0.4 is 10.2 Å². The van der Waals surface area contributed by atoms with Gasteiger partial charge in [-0.3, -0.25) is 0 Å². The van der Waals surface area contributed by atoms with E-state index in [4.69, 9.17) is 9.47 Å². The van der Waals surface area contributed by atoms with Gasteiger partial charge in [-0.2, -0.15) is 5.10 Å². The van der Waals surface area contributed by atoms with Crippen molar-refractivity contribution < 1.29 is 14.3 Å². The minimum Gasteiger partial charge on any atom is -0.376 e. The Morgan fingerprint density at radius 3 is 2.92 bits per heavy atom. The van der Waals surface area contributed by atoms with Gasteiger partial charge >= 0.3 is 6.03 Å². The summed E-state index contributed by atoms with van der Waals surface area (Å²) in [6.45, 7) is 7.86. The van der Waals surface area contributed by atoms with Crippen LogP contribution in [-0.4, -0.2) is 73.7 Å². The third-order valence-electron chi connectivity index (χ3n) is 3.60. The van der Waals surface area contributed by atoms with Crippen molar-refractivity contribution in [3.05, 3.63) is 11.8 Å². The van der Waals surface area contributed by atoms with Crippen molar-refractivity contribution in [2.45, 2.75) is 33.0 Å². The van der Waals surface area contributed by atoms with Gasteiger partial charge in [0.25, 0.3) is 0 Å². The maximum absolute atomic E-state index is 12.6. The third kappa shape index (κ3) is 5.04. The molecule has 0 aliphatic carbocycles. The molecule has 1 saturated heterocycles. The van der Waals surface area contributed by atoms with Crippen LogP contribution in [0.5, 0.6) is 0 Å². The summed E-state index contributed by atoms with van der Waals surface area (Å²) in [6.07, 6.45) is 0.0452. The van der Waals surface area contributed by atoms with Crippen molar-refractivity contribution in [1.82, 2.24) is 15.1 Å². The van der Waals surface area contributed by atoms with Crippen LogP contribution in [0.2, 0.25) is 0 Å². The smallest absolute Gasteiger partial charge is 0.322 e. The number of urea groups is 1. The molecular weight excluding hydrogens is 310 g/mol. The monoisotopic (exact) mass is 337 g/mol. The Kier molecular flexibility index (Phi) is 6.33. The molecule has 8 nitrogen and oxygen atoms in total. The molecule has 1 aromatic heterocycles. The maximum Gasteiger partial charge on any atom is 0.322 e. The molecule has 1 aromatic rings. The first kappa shape index (κ1) is 18.4. The number of amides is 2. The molecule has 2 amide bonds. The van der Waals surface area contributed by atoms with E-state index >= 15 is 0 Å². The number of anilines is 2. The first-order chi connectivity index (χ1) is 11.4. The second-order valence-corrected chi connectivity index (χ2v) is 6.37. The van der Waals surface area contributed by atoms with Crippen LogP contribution in [0, 0.1) is 6.92 Å². The number of ether oxygens (including phenoxy) is 2. The van der Waals surface area contributed by atoms with Crippen LogP contribution in [0.4, 0.5) is 16.3 Å². The third-order valence-corrected chi connectivity index (χ3v) is 3.60. The summed E-state index contributed by atoms with van der Waals surface area (Å²) in [4.78, 5) is 16.2. The van der Waals surface area contributed by atoms with Gasteiger partial charge in [-0.05, 0) is 26.8 Å². The van der Waals surface area contributed by atoms with E-state index in [0.29, 0.717) is 37.8 Å². The van der Waals surface area contributed by atoms with Gasteiger partial charge in [0.2, 0.25) is 0 Å². The largest absolute Gasteiger partial charge is 0.376 e. The highest BCUT2D eigenvalue weighted by molar-refractivity contribution is 5.92. The molecule has 1 aliphatic rings. The Morgan fingerprint density at radius 1 is 1.50 bits per heavy atom. The summed E-state index contributed by atoms with van der Waals surface area (Å²) < 4.78 is 11.2. The average Bonchev–Trinajstić information content (AvgIpc) is 2.53. The zero-order chi connectivity index (χ0) is 17.7. The normalized spacial score (nSPS) is 17.9. The molecule has 1 unspecified atom stereocenters. The molecule has 0 radical (unpaired) electrons. The van der Waals surface area contributed by atoms with Crippen LogP contribution in [0.1, 0.15) is 19.5 Å². The number of hydrogen-bond donors (Lipinski definition) is 1. The predicted octanol–water partition coefficient (Wildman–Crippen LogP) is 1.51. The Bertz CT molecular complexity index is 565. The van der Waals surface area contributed by atoms with Crippen LogP contribution in [0.15, 0.2) is 6.07 Å². The van der Waals surface area contributed by atoms with Crippen LogP contribution >= 0.6 is 0 Å². The fourth-order valence-corrected chi connectivity index (χ4v) is 2.40. The fourth-order valence-electron chi connectivity index (χ4n) is 2.40. The predicted molar refractivity (Wildman–Crippen MR) is 92.5 cm³/mol. The molecule has 2 rings (SSSR count). The second kappa shape index (κ2) is 8.25. The van der Waals surface area contributed by atoms with Gasteiger partial charge in [0.15, 0.2) is 5.82 Å². The molecule has 1 aliphatic heterocycles. The number of aromatic nitrogens is 2. The Balaban J connectivity index is 2.00. The Labute approximate surface area is 143 Å². The number of aryl methyl sites for hydroxylation is 1. The molecule has 0 bridgehead atoms. The zero-order valence-corrected chi connectivity index (χ0v) is 15.1. The van der Waals surface area contributed by atoms with Gasteiger partial charge < -0.3 is 24.6 Å². The highest BCUT2D eigenvalue weighted by Crippen LogP contribution is 2.22. The number of carbonyl (C=O) groups is 1. The molecule has 0 aromatic carbocycles. The SMILES string of the molecule is Cc1cc(NC(=O)N2CCOC(COC(C)C)C2)c(N(C)C)nn1. The number of carbonyl (C=O) groups excluding carboxylic acids is 1. The van der Waals surface area contributed by atoms with Crippen molar-refractivity contribution >= 4 is 17.5 Å². The van der Waals surface area contributed by atoms with E-state index in [2.05, 4.69) is 15.5 Å². The van der Waals surface area contributed by atoms with E-state index in [-0.39, 0.29) is 18.2 Å². The standard InChI is InChI=1S/C16H27N5O3/c1-11(2)24-10-13-9-21(6-7-23-13)16(22)17-14-8-12(3)18-19-15(14)20(4)5/h8,11,13H,6-7,9-10H2,1-5H3,(H,17,18,22). The van der Waals surface area contributed by atoms with Gasteiger partial charge in [0.1, 0.15) is 0 Å².